The fourth-order valence-corrected chi connectivity index (χ4v) is 4.56. The zero-order chi connectivity index (χ0) is 20.2. The summed E-state index contributed by atoms with van der Waals surface area (Å²) in [5.74, 6) is 0.177. The van der Waals surface area contributed by atoms with Gasteiger partial charge in [-0.15, -0.1) is 0 Å². The van der Waals surface area contributed by atoms with E-state index in [-0.39, 0.29) is 11.8 Å². The molecule has 1 aliphatic heterocycles. The van der Waals surface area contributed by atoms with E-state index in [9.17, 15) is 4.79 Å². The second kappa shape index (κ2) is 8.83. The highest BCUT2D eigenvalue weighted by Crippen LogP contribution is 2.34. The van der Waals surface area contributed by atoms with Crippen LogP contribution in [0, 0.1) is 6.92 Å². The SMILES string of the molecule is Cc1cccc(C(CC(=O)NCCN2CCCC2)c2cn(C)c3ccccc23)c1. The Balaban J connectivity index is 1.56. The molecule has 1 aliphatic rings. The quantitative estimate of drug-likeness (QED) is 0.657. The van der Waals surface area contributed by atoms with Crippen LogP contribution in [0.25, 0.3) is 10.9 Å². The number of hydrogen-bond acceptors (Lipinski definition) is 2. The third-order valence-corrected chi connectivity index (χ3v) is 6.09. The smallest absolute Gasteiger partial charge is 0.220 e. The number of fused-ring (bicyclic) bond motifs is 1. The lowest BCUT2D eigenvalue weighted by Crippen LogP contribution is -2.34. The van der Waals surface area contributed by atoms with E-state index in [4.69, 9.17) is 0 Å². The molecule has 1 atom stereocenters. The van der Waals surface area contributed by atoms with E-state index in [0.717, 1.165) is 26.2 Å². The molecule has 0 aliphatic carbocycles. The first-order chi connectivity index (χ1) is 14.1. The molecule has 0 radical (unpaired) electrons. The summed E-state index contributed by atoms with van der Waals surface area (Å²) in [5.41, 5.74) is 4.86. The number of benzene rings is 2. The van der Waals surface area contributed by atoms with Crippen LogP contribution in [0.15, 0.2) is 54.7 Å². The number of para-hydroxylation sites is 1. The van der Waals surface area contributed by atoms with Gasteiger partial charge in [0.15, 0.2) is 0 Å². The highest BCUT2D eigenvalue weighted by Gasteiger charge is 2.22. The summed E-state index contributed by atoms with van der Waals surface area (Å²) in [4.78, 5) is 15.3. The van der Waals surface area contributed by atoms with Gasteiger partial charge in [-0.2, -0.15) is 0 Å². The lowest BCUT2D eigenvalue weighted by atomic mass is 9.87. The van der Waals surface area contributed by atoms with Gasteiger partial charge < -0.3 is 14.8 Å². The summed E-state index contributed by atoms with van der Waals surface area (Å²) in [6, 6.07) is 17.0. The average molecular weight is 390 g/mol. The van der Waals surface area contributed by atoms with Gasteiger partial charge in [0.1, 0.15) is 0 Å². The molecule has 4 heteroatoms. The fraction of sp³-hybridized carbons (Fsp3) is 0.400. The van der Waals surface area contributed by atoms with E-state index in [0.29, 0.717) is 6.42 Å². The van der Waals surface area contributed by atoms with Crippen molar-refractivity contribution in [1.29, 1.82) is 0 Å². The van der Waals surface area contributed by atoms with Crippen LogP contribution in [0.3, 0.4) is 0 Å². The van der Waals surface area contributed by atoms with Gasteiger partial charge in [-0.1, -0.05) is 48.0 Å². The van der Waals surface area contributed by atoms with E-state index in [2.05, 4.69) is 83.5 Å². The first-order valence-electron chi connectivity index (χ1n) is 10.7. The largest absolute Gasteiger partial charge is 0.355 e. The second-order valence-electron chi connectivity index (χ2n) is 8.28. The van der Waals surface area contributed by atoms with Crippen molar-refractivity contribution in [2.24, 2.45) is 7.05 Å². The Kier molecular flexibility index (Phi) is 6.00. The van der Waals surface area contributed by atoms with Crippen molar-refractivity contribution < 1.29 is 4.79 Å². The van der Waals surface area contributed by atoms with Crippen LogP contribution in [-0.4, -0.2) is 41.6 Å². The van der Waals surface area contributed by atoms with Gasteiger partial charge in [0.05, 0.1) is 0 Å². The number of aromatic nitrogens is 1. The van der Waals surface area contributed by atoms with Crippen molar-refractivity contribution in [2.75, 3.05) is 26.2 Å². The van der Waals surface area contributed by atoms with E-state index < -0.39 is 0 Å². The lowest BCUT2D eigenvalue weighted by molar-refractivity contribution is -0.121. The molecular formula is C25H31N3O. The first kappa shape index (κ1) is 19.7. The van der Waals surface area contributed by atoms with Crippen LogP contribution in [0.2, 0.25) is 0 Å². The summed E-state index contributed by atoms with van der Waals surface area (Å²) >= 11 is 0. The van der Waals surface area contributed by atoms with Crippen LogP contribution in [-0.2, 0) is 11.8 Å². The number of hydrogen-bond donors (Lipinski definition) is 1. The number of carbonyl (C=O) groups is 1. The Morgan fingerprint density at radius 3 is 2.69 bits per heavy atom. The minimum Gasteiger partial charge on any atom is -0.355 e. The molecule has 2 heterocycles. The van der Waals surface area contributed by atoms with Crippen LogP contribution in [0.5, 0.6) is 0 Å². The number of carbonyl (C=O) groups excluding carboxylic acids is 1. The molecule has 3 aromatic rings. The molecule has 2 aromatic carbocycles. The van der Waals surface area contributed by atoms with Crippen LogP contribution >= 0.6 is 0 Å². The summed E-state index contributed by atoms with van der Waals surface area (Å²) in [6.45, 7) is 6.12. The third kappa shape index (κ3) is 4.54. The van der Waals surface area contributed by atoms with Gasteiger partial charge in [0.2, 0.25) is 5.91 Å². The second-order valence-corrected chi connectivity index (χ2v) is 8.28. The van der Waals surface area contributed by atoms with Gasteiger partial charge in [-0.3, -0.25) is 4.79 Å². The Hall–Kier alpha value is -2.59. The molecule has 29 heavy (non-hydrogen) atoms. The molecule has 0 spiro atoms. The predicted molar refractivity (Wildman–Crippen MR) is 119 cm³/mol. The van der Waals surface area contributed by atoms with E-state index in [1.165, 1.54) is 40.4 Å². The van der Waals surface area contributed by atoms with Gasteiger partial charge in [0, 0.05) is 49.6 Å². The molecule has 1 saturated heterocycles. The maximum absolute atomic E-state index is 12.9. The summed E-state index contributed by atoms with van der Waals surface area (Å²) in [7, 11) is 2.08. The minimum absolute atomic E-state index is 0.0489. The normalized spacial score (nSPS) is 15.7. The zero-order valence-electron chi connectivity index (χ0n) is 17.5. The first-order valence-corrected chi connectivity index (χ1v) is 10.7. The number of aryl methyl sites for hydroxylation is 2. The maximum atomic E-state index is 12.9. The molecule has 4 nitrogen and oxygen atoms in total. The maximum Gasteiger partial charge on any atom is 0.220 e. The molecule has 1 unspecified atom stereocenters. The number of likely N-dealkylation sites (tertiary alicyclic amines) is 1. The fourth-order valence-electron chi connectivity index (χ4n) is 4.56. The molecule has 1 N–H and O–H groups in total. The van der Waals surface area contributed by atoms with Crippen LogP contribution in [0.1, 0.15) is 41.9 Å². The molecule has 1 amide bonds. The number of rotatable bonds is 7. The van der Waals surface area contributed by atoms with E-state index >= 15 is 0 Å². The van der Waals surface area contributed by atoms with Gasteiger partial charge in [-0.05, 0) is 50.0 Å². The predicted octanol–water partition coefficient (Wildman–Crippen LogP) is 4.22. The number of amides is 1. The van der Waals surface area contributed by atoms with Crippen LogP contribution in [0.4, 0.5) is 0 Å². The zero-order valence-corrected chi connectivity index (χ0v) is 17.5. The molecular weight excluding hydrogens is 358 g/mol. The molecule has 1 fully saturated rings. The summed E-state index contributed by atoms with van der Waals surface area (Å²) in [5, 5.41) is 4.39. The van der Waals surface area contributed by atoms with Crippen molar-refractivity contribution in [2.45, 2.75) is 32.1 Å². The van der Waals surface area contributed by atoms with Gasteiger partial charge >= 0.3 is 0 Å². The molecule has 152 valence electrons. The van der Waals surface area contributed by atoms with Crippen LogP contribution < -0.4 is 5.32 Å². The summed E-state index contributed by atoms with van der Waals surface area (Å²) < 4.78 is 2.17. The van der Waals surface area contributed by atoms with Gasteiger partial charge in [0.25, 0.3) is 0 Å². The summed E-state index contributed by atoms with van der Waals surface area (Å²) in [6.07, 6.45) is 5.22. The average Bonchev–Trinajstić information content (AvgIpc) is 3.35. The Labute approximate surface area is 173 Å². The molecule has 4 rings (SSSR count). The van der Waals surface area contributed by atoms with Crippen molar-refractivity contribution in [3.63, 3.8) is 0 Å². The van der Waals surface area contributed by atoms with Gasteiger partial charge in [-0.25, -0.2) is 0 Å². The molecule has 1 aromatic heterocycles. The highest BCUT2D eigenvalue weighted by atomic mass is 16.1. The minimum atomic E-state index is 0.0489. The topological polar surface area (TPSA) is 37.3 Å². The standard InChI is InChI=1S/C25H31N3O/c1-19-8-7-9-20(16-19)22(17-25(29)26-12-15-28-13-5-6-14-28)23-18-27(2)24-11-4-3-10-21(23)24/h3-4,7-11,16,18,22H,5-6,12-15,17H2,1-2H3,(H,26,29). The number of nitrogens with one attached hydrogen (secondary N) is 1. The number of nitrogens with zero attached hydrogens (tertiary/aromatic N) is 2. The lowest BCUT2D eigenvalue weighted by Gasteiger charge is -2.19. The van der Waals surface area contributed by atoms with Crippen molar-refractivity contribution in [3.8, 4) is 0 Å². The van der Waals surface area contributed by atoms with E-state index in [1.54, 1.807) is 0 Å². The Morgan fingerprint density at radius 1 is 1.10 bits per heavy atom. The van der Waals surface area contributed by atoms with Crippen molar-refractivity contribution >= 4 is 16.8 Å². The van der Waals surface area contributed by atoms with E-state index in [1.807, 2.05) is 0 Å². The van der Waals surface area contributed by atoms with Crippen molar-refractivity contribution in [3.05, 3.63) is 71.4 Å². The third-order valence-electron chi connectivity index (χ3n) is 6.09. The Morgan fingerprint density at radius 2 is 1.90 bits per heavy atom. The Bertz CT molecular complexity index is 985. The highest BCUT2D eigenvalue weighted by molar-refractivity contribution is 5.86. The monoisotopic (exact) mass is 389 g/mol. The van der Waals surface area contributed by atoms with Crippen molar-refractivity contribution in [1.82, 2.24) is 14.8 Å². The molecule has 0 saturated carbocycles. The molecule has 0 bridgehead atoms.